The van der Waals surface area contributed by atoms with Gasteiger partial charge in [0, 0.05) is 29.8 Å². The predicted molar refractivity (Wildman–Crippen MR) is 93.2 cm³/mol. The van der Waals surface area contributed by atoms with Crippen LogP contribution in [-0.4, -0.2) is 31.2 Å². The molecule has 22 heavy (non-hydrogen) atoms. The van der Waals surface area contributed by atoms with Gasteiger partial charge < -0.3 is 15.3 Å². The third kappa shape index (κ3) is 3.87. The highest BCUT2D eigenvalue weighted by atomic mass is 32.1. The van der Waals surface area contributed by atoms with Crippen molar-refractivity contribution in [2.75, 3.05) is 30.4 Å². The second kappa shape index (κ2) is 7.42. The zero-order valence-electron chi connectivity index (χ0n) is 13.2. The molecule has 0 saturated carbocycles. The lowest BCUT2D eigenvalue weighted by Gasteiger charge is -2.18. The number of nitrogens with one attached hydrogen (secondary N) is 1. The molecule has 0 bridgehead atoms. The Balaban J connectivity index is 2.05. The van der Waals surface area contributed by atoms with Gasteiger partial charge in [-0.3, -0.25) is 4.79 Å². The monoisotopic (exact) mass is 318 g/mol. The van der Waals surface area contributed by atoms with E-state index in [9.17, 15) is 4.79 Å². The fraction of sp³-hybridized carbons (Fsp3) is 0.353. The van der Waals surface area contributed by atoms with Gasteiger partial charge in [-0.15, -0.1) is 11.3 Å². The van der Waals surface area contributed by atoms with E-state index < -0.39 is 0 Å². The first-order valence-corrected chi connectivity index (χ1v) is 8.19. The van der Waals surface area contributed by atoms with Crippen LogP contribution in [0.3, 0.4) is 0 Å². The fourth-order valence-electron chi connectivity index (χ4n) is 2.25. The van der Waals surface area contributed by atoms with Crippen molar-refractivity contribution in [1.82, 2.24) is 0 Å². The van der Waals surface area contributed by atoms with Crippen molar-refractivity contribution >= 4 is 28.6 Å². The molecule has 0 spiro atoms. The van der Waals surface area contributed by atoms with E-state index in [4.69, 9.17) is 5.11 Å². The average Bonchev–Trinajstić information content (AvgIpc) is 2.89. The minimum Gasteiger partial charge on any atom is -0.395 e. The maximum atomic E-state index is 12.3. The summed E-state index contributed by atoms with van der Waals surface area (Å²) in [7, 11) is 1.92. The maximum absolute atomic E-state index is 12.3. The molecule has 1 aromatic carbocycles. The molecule has 2 aromatic rings. The summed E-state index contributed by atoms with van der Waals surface area (Å²) in [6.07, 6.45) is 0.946. The average molecular weight is 318 g/mol. The van der Waals surface area contributed by atoms with Gasteiger partial charge in [0.2, 0.25) is 0 Å². The highest BCUT2D eigenvalue weighted by Gasteiger charge is 2.12. The number of hydrogen-bond acceptors (Lipinski definition) is 4. The van der Waals surface area contributed by atoms with E-state index in [0.29, 0.717) is 6.54 Å². The minimum absolute atomic E-state index is 0.0655. The van der Waals surface area contributed by atoms with Crippen molar-refractivity contribution < 1.29 is 9.90 Å². The first-order valence-electron chi connectivity index (χ1n) is 7.38. The van der Waals surface area contributed by atoms with Gasteiger partial charge in [-0.1, -0.05) is 6.92 Å². The van der Waals surface area contributed by atoms with Crippen LogP contribution in [0.15, 0.2) is 30.3 Å². The largest absolute Gasteiger partial charge is 0.395 e. The fourth-order valence-corrected chi connectivity index (χ4v) is 3.26. The van der Waals surface area contributed by atoms with Gasteiger partial charge in [0.1, 0.15) is 0 Å². The summed E-state index contributed by atoms with van der Waals surface area (Å²) in [5.74, 6) is -0.0655. The molecule has 118 valence electrons. The van der Waals surface area contributed by atoms with E-state index in [1.54, 1.807) is 0 Å². The van der Waals surface area contributed by atoms with Gasteiger partial charge >= 0.3 is 0 Å². The van der Waals surface area contributed by atoms with E-state index in [1.807, 2.05) is 49.2 Å². The van der Waals surface area contributed by atoms with Crippen LogP contribution < -0.4 is 10.2 Å². The molecule has 2 N–H and O–H groups in total. The number of aryl methyl sites for hydroxylation is 2. The molecule has 4 nitrogen and oxygen atoms in total. The topological polar surface area (TPSA) is 52.6 Å². The minimum atomic E-state index is -0.0655. The molecule has 0 aliphatic rings. The molecule has 5 heteroatoms. The standard InChI is InChI=1S/C17H22N2O2S/c1-4-13-11-16(22-12(13)2)17(21)18-14-5-7-15(8-6-14)19(3)9-10-20/h5-8,11,20H,4,9-10H2,1-3H3,(H,18,21). The summed E-state index contributed by atoms with van der Waals surface area (Å²) in [6, 6.07) is 9.59. The summed E-state index contributed by atoms with van der Waals surface area (Å²) in [6.45, 7) is 4.84. The normalized spacial score (nSPS) is 10.5. The van der Waals surface area contributed by atoms with Crippen molar-refractivity contribution in [3.8, 4) is 0 Å². The van der Waals surface area contributed by atoms with Crippen LogP contribution in [0.1, 0.15) is 27.0 Å². The number of aliphatic hydroxyl groups is 1. The van der Waals surface area contributed by atoms with Crippen molar-refractivity contribution in [1.29, 1.82) is 0 Å². The molecule has 0 aliphatic carbocycles. The van der Waals surface area contributed by atoms with E-state index in [2.05, 4.69) is 12.2 Å². The molecular weight excluding hydrogens is 296 g/mol. The molecule has 2 rings (SSSR count). The number of carbonyl (C=O) groups excluding carboxylic acids is 1. The molecule has 0 saturated heterocycles. The van der Waals surface area contributed by atoms with Gasteiger partial charge in [0.05, 0.1) is 11.5 Å². The number of likely N-dealkylation sites (N-methyl/N-ethyl adjacent to an activating group) is 1. The second-order valence-electron chi connectivity index (χ2n) is 5.19. The second-order valence-corrected chi connectivity index (χ2v) is 6.45. The first-order chi connectivity index (χ1) is 10.5. The number of nitrogens with zero attached hydrogens (tertiary/aromatic N) is 1. The number of carbonyl (C=O) groups is 1. The number of hydrogen-bond donors (Lipinski definition) is 2. The van der Waals surface area contributed by atoms with Gasteiger partial charge in [-0.25, -0.2) is 0 Å². The number of amides is 1. The molecule has 1 heterocycles. The lowest BCUT2D eigenvalue weighted by molar-refractivity contribution is 0.103. The van der Waals surface area contributed by atoms with Crippen molar-refractivity contribution in [3.05, 3.63) is 45.6 Å². The van der Waals surface area contributed by atoms with Gasteiger partial charge in [0.15, 0.2) is 0 Å². The molecular formula is C17H22N2O2S. The lowest BCUT2D eigenvalue weighted by Crippen LogP contribution is -2.21. The number of anilines is 2. The molecule has 0 aliphatic heterocycles. The summed E-state index contributed by atoms with van der Waals surface area (Å²) in [5, 5.41) is 11.9. The predicted octanol–water partition coefficient (Wildman–Crippen LogP) is 3.30. The number of benzene rings is 1. The molecule has 0 unspecified atom stereocenters. The SMILES string of the molecule is CCc1cc(C(=O)Nc2ccc(N(C)CCO)cc2)sc1C. The Hall–Kier alpha value is -1.85. The van der Waals surface area contributed by atoms with E-state index in [0.717, 1.165) is 22.7 Å². The molecule has 0 fully saturated rings. The number of rotatable bonds is 6. The van der Waals surface area contributed by atoms with Crippen LogP contribution in [0.5, 0.6) is 0 Å². The zero-order valence-corrected chi connectivity index (χ0v) is 14.0. The highest BCUT2D eigenvalue weighted by molar-refractivity contribution is 7.14. The zero-order chi connectivity index (χ0) is 16.1. The van der Waals surface area contributed by atoms with E-state index in [1.165, 1.54) is 21.8 Å². The molecule has 1 aromatic heterocycles. The van der Waals surface area contributed by atoms with Crippen LogP contribution in [0, 0.1) is 6.92 Å². The van der Waals surface area contributed by atoms with Gasteiger partial charge in [0.25, 0.3) is 5.91 Å². The summed E-state index contributed by atoms with van der Waals surface area (Å²) in [4.78, 5) is 16.2. The highest BCUT2D eigenvalue weighted by Crippen LogP contribution is 2.23. The van der Waals surface area contributed by atoms with Crippen LogP contribution >= 0.6 is 11.3 Å². The smallest absolute Gasteiger partial charge is 0.265 e. The molecule has 0 radical (unpaired) electrons. The van der Waals surface area contributed by atoms with Crippen molar-refractivity contribution in [2.24, 2.45) is 0 Å². The third-order valence-electron chi connectivity index (χ3n) is 3.63. The van der Waals surface area contributed by atoms with Crippen LogP contribution in [-0.2, 0) is 6.42 Å². The Morgan fingerprint density at radius 3 is 2.55 bits per heavy atom. The Bertz CT molecular complexity index is 635. The summed E-state index contributed by atoms with van der Waals surface area (Å²) < 4.78 is 0. The van der Waals surface area contributed by atoms with Crippen molar-refractivity contribution in [2.45, 2.75) is 20.3 Å². The summed E-state index contributed by atoms with van der Waals surface area (Å²) in [5.41, 5.74) is 3.01. The first kappa shape index (κ1) is 16.5. The number of aliphatic hydroxyl groups excluding tert-OH is 1. The lowest BCUT2D eigenvalue weighted by atomic mass is 10.2. The Morgan fingerprint density at radius 1 is 1.32 bits per heavy atom. The van der Waals surface area contributed by atoms with Gasteiger partial charge in [-0.05, 0) is 49.2 Å². The van der Waals surface area contributed by atoms with Gasteiger partial charge in [-0.2, -0.15) is 0 Å². The Kier molecular flexibility index (Phi) is 5.57. The third-order valence-corrected chi connectivity index (χ3v) is 4.72. The van der Waals surface area contributed by atoms with E-state index >= 15 is 0 Å². The molecule has 0 atom stereocenters. The van der Waals surface area contributed by atoms with Crippen LogP contribution in [0.4, 0.5) is 11.4 Å². The van der Waals surface area contributed by atoms with Crippen LogP contribution in [0.2, 0.25) is 0 Å². The number of thiophene rings is 1. The molecule has 1 amide bonds. The maximum Gasteiger partial charge on any atom is 0.265 e. The van der Waals surface area contributed by atoms with Crippen molar-refractivity contribution in [3.63, 3.8) is 0 Å². The van der Waals surface area contributed by atoms with Crippen LogP contribution in [0.25, 0.3) is 0 Å². The Morgan fingerprint density at radius 2 is 2.00 bits per heavy atom. The van der Waals surface area contributed by atoms with E-state index in [-0.39, 0.29) is 12.5 Å². The quantitative estimate of drug-likeness (QED) is 0.859. The Labute approximate surface area is 135 Å². The summed E-state index contributed by atoms with van der Waals surface area (Å²) >= 11 is 1.53.